The number of fused-ring (bicyclic) bond motifs is 1. The second kappa shape index (κ2) is 4.97. The second-order valence-electron chi connectivity index (χ2n) is 6.51. The van der Waals surface area contributed by atoms with Crippen LogP contribution in [0.15, 0.2) is 16.6 Å². The van der Waals surface area contributed by atoms with Gasteiger partial charge >= 0.3 is 0 Å². The third-order valence-corrected chi connectivity index (χ3v) is 5.29. The molecule has 0 aromatic heterocycles. The van der Waals surface area contributed by atoms with Crippen LogP contribution in [0, 0.1) is 0 Å². The molecule has 1 aromatic carbocycles. The van der Waals surface area contributed by atoms with Crippen LogP contribution in [-0.4, -0.2) is 43.0 Å². The molecule has 0 aliphatic carbocycles. The SMILES string of the molecule is CN1CCN(c2cc3c(cc2Br)C(N)C(=O)N3)CC1(C)C. The lowest BCUT2D eigenvalue weighted by Gasteiger charge is -2.46. The van der Waals surface area contributed by atoms with E-state index in [1.54, 1.807) is 0 Å². The normalized spacial score (nSPS) is 24.9. The number of likely N-dealkylation sites (N-methyl/N-ethyl adjacent to an activating group) is 1. The standard InChI is InChI=1S/C15H21BrN4O/c1-15(2)8-20(5-4-19(15)3)12-7-11-9(6-10(12)16)13(17)14(21)18-11/h6-7,13H,4-5,8,17H2,1-3H3,(H,18,21). The van der Waals surface area contributed by atoms with Gasteiger partial charge in [0, 0.05) is 40.9 Å². The first-order valence-electron chi connectivity index (χ1n) is 7.16. The maximum absolute atomic E-state index is 11.7. The highest BCUT2D eigenvalue weighted by Crippen LogP contribution is 2.39. The summed E-state index contributed by atoms with van der Waals surface area (Å²) in [4.78, 5) is 16.4. The summed E-state index contributed by atoms with van der Waals surface area (Å²) >= 11 is 3.64. The molecule has 1 amide bonds. The Hall–Kier alpha value is -1.11. The Bertz CT molecular complexity index is 602. The Labute approximate surface area is 133 Å². The zero-order chi connectivity index (χ0) is 15.4. The van der Waals surface area contributed by atoms with E-state index in [2.05, 4.69) is 51.9 Å². The van der Waals surface area contributed by atoms with Gasteiger partial charge in [0.25, 0.3) is 0 Å². The van der Waals surface area contributed by atoms with Crippen LogP contribution >= 0.6 is 15.9 Å². The Balaban J connectivity index is 1.94. The molecule has 114 valence electrons. The van der Waals surface area contributed by atoms with Crippen LogP contribution in [0.5, 0.6) is 0 Å². The molecule has 2 aliphatic rings. The van der Waals surface area contributed by atoms with Crippen LogP contribution in [0.3, 0.4) is 0 Å². The zero-order valence-electron chi connectivity index (χ0n) is 12.6. The molecule has 2 heterocycles. The van der Waals surface area contributed by atoms with Gasteiger partial charge in [-0.3, -0.25) is 9.69 Å². The van der Waals surface area contributed by atoms with Crippen LogP contribution < -0.4 is 16.0 Å². The number of hydrogen-bond donors (Lipinski definition) is 2. The number of halogens is 1. The number of anilines is 2. The Kier molecular flexibility index (Phi) is 3.50. The highest BCUT2D eigenvalue weighted by atomic mass is 79.9. The molecule has 1 fully saturated rings. The summed E-state index contributed by atoms with van der Waals surface area (Å²) in [6, 6.07) is 3.44. The fourth-order valence-corrected chi connectivity index (χ4v) is 3.59. The number of nitrogens with zero attached hydrogens (tertiary/aromatic N) is 2. The van der Waals surface area contributed by atoms with Gasteiger partial charge in [0.2, 0.25) is 5.91 Å². The van der Waals surface area contributed by atoms with E-state index in [0.717, 1.165) is 41.0 Å². The molecule has 3 rings (SSSR count). The second-order valence-corrected chi connectivity index (χ2v) is 7.37. The zero-order valence-corrected chi connectivity index (χ0v) is 14.2. The molecule has 3 N–H and O–H groups in total. The van der Waals surface area contributed by atoms with Crippen LogP contribution in [0.25, 0.3) is 0 Å². The topological polar surface area (TPSA) is 61.6 Å². The van der Waals surface area contributed by atoms with Crippen LogP contribution in [0.1, 0.15) is 25.5 Å². The van der Waals surface area contributed by atoms with Crippen molar-refractivity contribution in [2.45, 2.75) is 25.4 Å². The van der Waals surface area contributed by atoms with Crippen molar-refractivity contribution < 1.29 is 4.79 Å². The summed E-state index contributed by atoms with van der Waals surface area (Å²) in [5.41, 5.74) is 8.83. The van der Waals surface area contributed by atoms with Crippen LogP contribution in [0.4, 0.5) is 11.4 Å². The van der Waals surface area contributed by atoms with E-state index in [1.807, 2.05) is 12.1 Å². The van der Waals surface area contributed by atoms with Gasteiger partial charge in [-0.1, -0.05) is 0 Å². The number of hydrogen-bond acceptors (Lipinski definition) is 4. The summed E-state index contributed by atoms with van der Waals surface area (Å²) in [5, 5.41) is 2.86. The van der Waals surface area contributed by atoms with Gasteiger partial charge in [-0.15, -0.1) is 0 Å². The molecule has 0 bridgehead atoms. The number of piperazine rings is 1. The minimum atomic E-state index is -0.561. The largest absolute Gasteiger partial charge is 0.367 e. The first kappa shape index (κ1) is 14.8. The number of benzene rings is 1. The van der Waals surface area contributed by atoms with Crippen molar-refractivity contribution in [3.05, 3.63) is 22.2 Å². The Morgan fingerprint density at radius 1 is 1.38 bits per heavy atom. The van der Waals surface area contributed by atoms with E-state index < -0.39 is 6.04 Å². The molecule has 0 saturated carbocycles. The predicted octanol–water partition coefficient (Wildman–Crippen LogP) is 1.93. The molecule has 5 nitrogen and oxygen atoms in total. The molecule has 0 spiro atoms. The summed E-state index contributed by atoms with van der Waals surface area (Å²) in [6.45, 7) is 7.43. The average molecular weight is 353 g/mol. The molecule has 1 aromatic rings. The molecular weight excluding hydrogens is 332 g/mol. The quantitative estimate of drug-likeness (QED) is 0.810. The van der Waals surface area contributed by atoms with E-state index in [4.69, 9.17) is 5.73 Å². The number of amides is 1. The first-order valence-corrected chi connectivity index (χ1v) is 7.95. The van der Waals surface area contributed by atoms with E-state index in [-0.39, 0.29) is 11.4 Å². The maximum Gasteiger partial charge on any atom is 0.245 e. The van der Waals surface area contributed by atoms with Gasteiger partial charge in [-0.05, 0) is 49.0 Å². The van der Waals surface area contributed by atoms with Gasteiger partial charge in [-0.25, -0.2) is 0 Å². The highest BCUT2D eigenvalue weighted by Gasteiger charge is 2.33. The van der Waals surface area contributed by atoms with Gasteiger partial charge in [0.15, 0.2) is 0 Å². The third-order valence-electron chi connectivity index (χ3n) is 4.65. The maximum atomic E-state index is 11.7. The molecule has 21 heavy (non-hydrogen) atoms. The lowest BCUT2D eigenvalue weighted by molar-refractivity contribution is -0.116. The molecule has 0 radical (unpaired) electrons. The molecule has 1 saturated heterocycles. The number of carbonyl (C=O) groups excluding carboxylic acids is 1. The van der Waals surface area contributed by atoms with E-state index in [1.165, 1.54) is 0 Å². The monoisotopic (exact) mass is 352 g/mol. The molecule has 6 heteroatoms. The number of rotatable bonds is 1. The van der Waals surface area contributed by atoms with E-state index in [9.17, 15) is 4.79 Å². The van der Waals surface area contributed by atoms with Crippen molar-refractivity contribution >= 4 is 33.2 Å². The predicted molar refractivity (Wildman–Crippen MR) is 88.6 cm³/mol. The van der Waals surface area contributed by atoms with Crippen molar-refractivity contribution in [3.8, 4) is 0 Å². The lowest BCUT2D eigenvalue weighted by Crippen LogP contribution is -2.57. The van der Waals surface area contributed by atoms with Crippen molar-refractivity contribution in [1.82, 2.24) is 4.90 Å². The summed E-state index contributed by atoms with van der Waals surface area (Å²) in [6.07, 6.45) is 0. The molecule has 2 aliphatic heterocycles. The average Bonchev–Trinajstić information content (AvgIpc) is 2.68. The first-order chi connectivity index (χ1) is 9.79. The van der Waals surface area contributed by atoms with E-state index in [0.29, 0.717) is 0 Å². The van der Waals surface area contributed by atoms with Crippen LogP contribution in [0.2, 0.25) is 0 Å². The van der Waals surface area contributed by atoms with E-state index >= 15 is 0 Å². The van der Waals surface area contributed by atoms with Gasteiger partial charge in [0.1, 0.15) is 6.04 Å². The number of nitrogens with two attached hydrogens (primary N) is 1. The van der Waals surface area contributed by atoms with Crippen molar-refractivity contribution in [2.75, 3.05) is 36.9 Å². The summed E-state index contributed by atoms with van der Waals surface area (Å²) in [5.74, 6) is -0.132. The summed E-state index contributed by atoms with van der Waals surface area (Å²) in [7, 11) is 2.16. The number of nitrogens with one attached hydrogen (secondary N) is 1. The third kappa shape index (κ3) is 2.45. The number of carbonyl (C=O) groups is 1. The Morgan fingerprint density at radius 3 is 2.76 bits per heavy atom. The lowest BCUT2D eigenvalue weighted by atomic mass is 9.99. The van der Waals surface area contributed by atoms with Gasteiger partial charge in [-0.2, -0.15) is 0 Å². The molecular formula is C15H21BrN4O. The molecule has 1 atom stereocenters. The Morgan fingerprint density at radius 2 is 2.10 bits per heavy atom. The smallest absolute Gasteiger partial charge is 0.245 e. The summed E-state index contributed by atoms with van der Waals surface area (Å²) < 4.78 is 0.994. The van der Waals surface area contributed by atoms with Crippen molar-refractivity contribution in [1.29, 1.82) is 0 Å². The molecule has 1 unspecified atom stereocenters. The highest BCUT2D eigenvalue weighted by molar-refractivity contribution is 9.10. The van der Waals surface area contributed by atoms with Crippen molar-refractivity contribution in [2.24, 2.45) is 5.73 Å². The van der Waals surface area contributed by atoms with Crippen molar-refractivity contribution in [3.63, 3.8) is 0 Å². The van der Waals surface area contributed by atoms with Gasteiger partial charge < -0.3 is 16.0 Å². The minimum absolute atomic E-state index is 0.121. The minimum Gasteiger partial charge on any atom is -0.367 e. The fraction of sp³-hybridized carbons (Fsp3) is 0.533. The van der Waals surface area contributed by atoms with Crippen LogP contribution in [-0.2, 0) is 4.79 Å². The van der Waals surface area contributed by atoms with Gasteiger partial charge in [0.05, 0.1) is 5.69 Å². The fourth-order valence-electron chi connectivity index (χ4n) is 2.98.